The number of hydrogen-bond acceptors (Lipinski definition) is 2. The second-order valence-electron chi connectivity index (χ2n) is 5.46. The molecule has 1 aliphatic heterocycles. The smallest absolute Gasteiger partial charge is 0.239 e. The molecule has 1 aliphatic rings. The van der Waals surface area contributed by atoms with Gasteiger partial charge in [0.15, 0.2) is 0 Å². The van der Waals surface area contributed by atoms with Gasteiger partial charge in [-0.3, -0.25) is 4.79 Å². The average molecular weight is 226 g/mol. The minimum Gasteiger partial charge on any atom is -0.341 e. The van der Waals surface area contributed by atoms with Crippen LogP contribution in [0.3, 0.4) is 0 Å². The van der Waals surface area contributed by atoms with Gasteiger partial charge in [0.05, 0.1) is 6.04 Å². The Morgan fingerprint density at radius 2 is 2.19 bits per heavy atom. The second-order valence-corrected chi connectivity index (χ2v) is 5.46. The fraction of sp³-hybridized carbons (Fsp3) is 0.923. The summed E-state index contributed by atoms with van der Waals surface area (Å²) in [7, 11) is 0. The summed E-state index contributed by atoms with van der Waals surface area (Å²) in [5, 5.41) is 0. The molecule has 1 fully saturated rings. The number of carbonyl (C=O) groups is 1. The molecule has 1 heterocycles. The van der Waals surface area contributed by atoms with Crippen molar-refractivity contribution in [3.8, 4) is 0 Å². The Kier molecular flexibility index (Phi) is 5.26. The van der Waals surface area contributed by atoms with Gasteiger partial charge in [0.1, 0.15) is 0 Å². The summed E-state index contributed by atoms with van der Waals surface area (Å²) in [4.78, 5) is 14.0. The Balaban J connectivity index is 2.38. The minimum atomic E-state index is -0.291. The zero-order valence-electron chi connectivity index (χ0n) is 10.9. The Morgan fingerprint density at radius 1 is 1.50 bits per heavy atom. The van der Waals surface area contributed by atoms with E-state index in [-0.39, 0.29) is 11.9 Å². The molecule has 1 saturated heterocycles. The molecule has 1 amide bonds. The van der Waals surface area contributed by atoms with Gasteiger partial charge in [0.25, 0.3) is 0 Å². The maximum atomic E-state index is 12.0. The highest BCUT2D eigenvalue weighted by Crippen LogP contribution is 2.21. The summed E-state index contributed by atoms with van der Waals surface area (Å²) >= 11 is 0. The lowest BCUT2D eigenvalue weighted by molar-refractivity contribution is -0.132. The molecule has 2 atom stereocenters. The van der Waals surface area contributed by atoms with Crippen molar-refractivity contribution in [2.45, 2.75) is 52.5 Å². The summed E-state index contributed by atoms with van der Waals surface area (Å²) < 4.78 is 0. The lowest BCUT2D eigenvalue weighted by Crippen LogP contribution is -2.43. The van der Waals surface area contributed by atoms with E-state index in [4.69, 9.17) is 5.73 Å². The van der Waals surface area contributed by atoms with E-state index in [1.807, 2.05) is 4.90 Å². The molecular weight excluding hydrogens is 200 g/mol. The zero-order valence-corrected chi connectivity index (χ0v) is 10.9. The number of rotatable bonds is 5. The van der Waals surface area contributed by atoms with Crippen molar-refractivity contribution in [3.05, 3.63) is 0 Å². The Bertz CT molecular complexity index is 228. The monoisotopic (exact) mass is 226 g/mol. The summed E-state index contributed by atoms with van der Waals surface area (Å²) in [6.07, 6.45) is 4.41. The van der Waals surface area contributed by atoms with Crippen molar-refractivity contribution in [2.24, 2.45) is 17.6 Å². The van der Waals surface area contributed by atoms with Crippen LogP contribution in [0, 0.1) is 11.8 Å². The largest absolute Gasteiger partial charge is 0.341 e. The Morgan fingerprint density at radius 3 is 2.75 bits per heavy atom. The molecule has 16 heavy (non-hydrogen) atoms. The number of nitrogens with zero attached hydrogens (tertiary/aromatic N) is 1. The molecule has 3 heteroatoms. The van der Waals surface area contributed by atoms with Gasteiger partial charge < -0.3 is 10.6 Å². The first-order valence-corrected chi connectivity index (χ1v) is 6.59. The van der Waals surface area contributed by atoms with Gasteiger partial charge in [0, 0.05) is 13.1 Å². The highest BCUT2D eigenvalue weighted by Gasteiger charge is 2.28. The van der Waals surface area contributed by atoms with Crippen molar-refractivity contribution >= 4 is 5.91 Å². The van der Waals surface area contributed by atoms with Gasteiger partial charge in [-0.05, 0) is 31.1 Å². The zero-order chi connectivity index (χ0) is 12.1. The van der Waals surface area contributed by atoms with Crippen molar-refractivity contribution in [1.82, 2.24) is 4.90 Å². The normalized spacial score (nSPS) is 22.8. The number of likely N-dealkylation sites (tertiary alicyclic amines) is 1. The average Bonchev–Trinajstić information content (AvgIpc) is 2.64. The van der Waals surface area contributed by atoms with Crippen LogP contribution in [0.2, 0.25) is 0 Å². The molecule has 3 nitrogen and oxygen atoms in total. The van der Waals surface area contributed by atoms with Gasteiger partial charge >= 0.3 is 0 Å². The number of carbonyl (C=O) groups excluding carboxylic acids is 1. The molecule has 0 bridgehead atoms. The molecule has 0 aromatic carbocycles. The third-order valence-electron chi connectivity index (χ3n) is 3.34. The predicted octanol–water partition coefficient (Wildman–Crippen LogP) is 2.01. The molecule has 0 aliphatic carbocycles. The molecule has 0 aromatic rings. The van der Waals surface area contributed by atoms with E-state index in [9.17, 15) is 4.79 Å². The van der Waals surface area contributed by atoms with Crippen molar-refractivity contribution < 1.29 is 4.79 Å². The summed E-state index contributed by atoms with van der Waals surface area (Å²) in [6.45, 7) is 8.26. The first-order chi connectivity index (χ1) is 7.54. The highest BCUT2D eigenvalue weighted by molar-refractivity contribution is 5.81. The number of amides is 1. The van der Waals surface area contributed by atoms with E-state index in [1.165, 1.54) is 12.8 Å². The molecule has 0 saturated carbocycles. The van der Waals surface area contributed by atoms with Crippen LogP contribution in [-0.4, -0.2) is 29.9 Å². The van der Waals surface area contributed by atoms with Crippen LogP contribution in [0.25, 0.3) is 0 Å². The fourth-order valence-corrected chi connectivity index (χ4v) is 2.52. The Hall–Kier alpha value is -0.570. The predicted molar refractivity (Wildman–Crippen MR) is 67.0 cm³/mol. The van der Waals surface area contributed by atoms with E-state index in [2.05, 4.69) is 20.8 Å². The van der Waals surface area contributed by atoms with Gasteiger partial charge in [0.2, 0.25) is 5.91 Å². The topological polar surface area (TPSA) is 46.3 Å². The van der Waals surface area contributed by atoms with Gasteiger partial charge in [-0.2, -0.15) is 0 Å². The van der Waals surface area contributed by atoms with Crippen LogP contribution >= 0.6 is 0 Å². The highest BCUT2D eigenvalue weighted by atomic mass is 16.2. The van der Waals surface area contributed by atoms with E-state index in [0.717, 1.165) is 25.9 Å². The maximum Gasteiger partial charge on any atom is 0.239 e. The molecule has 0 spiro atoms. The first kappa shape index (κ1) is 13.5. The van der Waals surface area contributed by atoms with Gasteiger partial charge in [-0.25, -0.2) is 0 Å². The van der Waals surface area contributed by atoms with Crippen molar-refractivity contribution in [2.75, 3.05) is 13.1 Å². The molecule has 2 unspecified atom stereocenters. The molecule has 94 valence electrons. The molecular formula is C13H26N2O. The van der Waals surface area contributed by atoms with Crippen LogP contribution < -0.4 is 5.73 Å². The first-order valence-electron chi connectivity index (χ1n) is 6.59. The van der Waals surface area contributed by atoms with E-state index in [0.29, 0.717) is 11.8 Å². The molecule has 0 aromatic heterocycles. The lowest BCUT2D eigenvalue weighted by Gasteiger charge is -2.22. The summed E-state index contributed by atoms with van der Waals surface area (Å²) in [6, 6.07) is -0.291. The van der Waals surface area contributed by atoms with Crippen LogP contribution in [0.15, 0.2) is 0 Å². The maximum absolute atomic E-state index is 12.0. The van der Waals surface area contributed by atoms with E-state index >= 15 is 0 Å². The van der Waals surface area contributed by atoms with Crippen molar-refractivity contribution in [1.29, 1.82) is 0 Å². The SMILES string of the molecule is CCCC1CCN(C(=O)C(N)CC(C)C)C1. The minimum absolute atomic E-state index is 0.160. The van der Waals surface area contributed by atoms with Crippen molar-refractivity contribution in [3.63, 3.8) is 0 Å². The summed E-state index contributed by atoms with van der Waals surface area (Å²) in [5.41, 5.74) is 5.93. The quantitative estimate of drug-likeness (QED) is 0.779. The second kappa shape index (κ2) is 6.24. The van der Waals surface area contributed by atoms with E-state index < -0.39 is 0 Å². The molecule has 1 rings (SSSR count). The van der Waals surface area contributed by atoms with Crippen LogP contribution in [-0.2, 0) is 4.79 Å². The number of hydrogen-bond donors (Lipinski definition) is 1. The third-order valence-corrected chi connectivity index (χ3v) is 3.34. The van der Waals surface area contributed by atoms with Crippen LogP contribution in [0.5, 0.6) is 0 Å². The van der Waals surface area contributed by atoms with Crippen LogP contribution in [0.4, 0.5) is 0 Å². The standard InChI is InChI=1S/C13H26N2O/c1-4-5-11-6-7-15(9-11)13(16)12(14)8-10(2)3/h10-12H,4-9,14H2,1-3H3. The lowest BCUT2D eigenvalue weighted by atomic mass is 10.0. The van der Waals surface area contributed by atoms with Gasteiger partial charge in [-0.15, -0.1) is 0 Å². The molecule has 2 N–H and O–H groups in total. The molecule has 0 radical (unpaired) electrons. The fourth-order valence-electron chi connectivity index (χ4n) is 2.52. The van der Waals surface area contributed by atoms with Gasteiger partial charge in [-0.1, -0.05) is 27.2 Å². The number of nitrogens with two attached hydrogens (primary N) is 1. The third kappa shape index (κ3) is 3.78. The van der Waals surface area contributed by atoms with Crippen LogP contribution in [0.1, 0.15) is 46.5 Å². The Labute approximate surface area is 99.4 Å². The van der Waals surface area contributed by atoms with E-state index in [1.54, 1.807) is 0 Å². The summed E-state index contributed by atoms with van der Waals surface area (Å²) in [5.74, 6) is 1.36.